The molecule has 1 aromatic heterocycles. The summed E-state index contributed by atoms with van der Waals surface area (Å²) in [7, 11) is 0. The second-order valence-corrected chi connectivity index (χ2v) is 2.74. The fraction of sp³-hybridized carbons (Fsp3) is 0.300. The molecule has 1 rings (SSSR count). The summed E-state index contributed by atoms with van der Waals surface area (Å²) in [5.74, 6) is 5.01. The number of pyridine rings is 1. The Bertz CT molecular complexity index is 390. The van der Waals surface area contributed by atoms with Crippen molar-refractivity contribution in [3.05, 3.63) is 29.6 Å². The Hall–Kier alpha value is -1.54. The van der Waals surface area contributed by atoms with E-state index in [0.29, 0.717) is 0 Å². The number of alkyl halides is 3. The smallest absolute Gasteiger partial charge is 0.395 e. The molecule has 0 unspecified atom stereocenters. The van der Waals surface area contributed by atoms with Gasteiger partial charge in [0.1, 0.15) is 0 Å². The minimum atomic E-state index is -4.40. The van der Waals surface area contributed by atoms with Crippen LogP contribution in [0.2, 0.25) is 0 Å². The highest BCUT2D eigenvalue weighted by Gasteiger charge is 2.30. The Morgan fingerprint density at radius 3 is 2.67 bits per heavy atom. The van der Waals surface area contributed by atoms with Crippen LogP contribution in [0.4, 0.5) is 13.2 Å². The van der Waals surface area contributed by atoms with Gasteiger partial charge in [-0.25, -0.2) is 0 Å². The van der Waals surface area contributed by atoms with Gasteiger partial charge in [0.05, 0.1) is 12.2 Å². The first-order chi connectivity index (χ1) is 7.04. The molecule has 0 aliphatic rings. The third-order valence-corrected chi connectivity index (χ3v) is 1.54. The zero-order valence-electron chi connectivity index (χ0n) is 7.67. The van der Waals surface area contributed by atoms with E-state index in [-0.39, 0.29) is 18.6 Å². The van der Waals surface area contributed by atoms with Crippen LogP contribution in [0.5, 0.6) is 0 Å². The van der Waals surface area contributed by atoms with Crippen molar-refractivity contribution < 1.29 is 18.3 Å². The van der Waals surface area contributed by atoms with E-state index in [1.807, 2.05) is 0 Å². The monoisotopic (exact) mass is 215 g/mol. The molecule has 1 N–H and O–H groups in total. The summed E-state index contributed by atoms with van der Waals surface area (Å²) in [6, 6.07) is 0.928. The van der Waals surface area contributed by atoms with E-state index in [2.05, 4.69) is 16.8 Å². The van der Waals surface area contributed by atoms with Crippen LogP contribution in [0.15, 0.2) is 18.5 Å². The topological polar surface area (TPSA) is 33.1 Å². The largest absolute Gasteiger partial charge is 0.417 e. The first-order valence-corrected chi connectivity index (χ1v) is 4.16. The van der Waals surface area contributed by atoms with Gasteiger partial charge in [0.15, 0.2) is 0 Å². The summed E-state index contributed by atoms with van der Waals surface area (Å²) in [6.45, 7) is -0.112. The van der Waals surface area contributed by atoms with Crippen molar-refractivity contribution in [3.8, 4) is 11.8 Å². The molecule has 80 valence electrons. The second kappa shape index (κ2) is 4.80. The molecule has 0 saturated heterocycles. The van der Waals surface area contributed by atoms with E-state index in [1.54, 1.807) is 0 Å². The third-order valence-electron chi connectivity index (χ3n) is 1.54. The lowest BCUT2D eigenvalue weighted by molar-refractivity contribution is -0.137. The van der Waals surface area contributed by atoms with Gasteiger partial charge in [-0.1, -0.05) is 11.8 Å². The minimum absolute atomic E-state index is 0.112. The molecular formula is C10H8F3NO. The lowest BCUT2D eigenvalue weighted by atomic mass is 10.2. The Balaban J connectivity index is 2.90. The van der Waals surface area contributed by atoms with Crippen molar-refractivity contribution in [1.29, 1.82) is 0 Å². The molecule has 0 spiro atoms. The van der Waals surface area contributed by atoms with E-state index in [1.165, 1.54) is 6.20 Å². The van der Waals surface area contributed by atoms with Gasteiger partial charge in [0.2, 0.25) is 0 Å². The summed E-state index contributed by atoms with van der Waals surface area (Å²) in [5, 5.41) is 8.43. The molecular weight excluding hydrogens is 207 g/mol. The molecule has 0 atom stereocenters. The number of halogens is 3. The maximum atomic E-state index is 12.2. The van der Waals surface area contributed by atoms with Gasteiger partial charge in [-0.15, -0.1) is 0 Å². The van der Waals surface area contributed by atoms with E-state index >= 15 is 0 Å². The zero-order chi connectivity index (χ0) is 11.3. The molecule has 0 radical (unpaired) electrons. The van der Waals surface area contributed by atoms with E-state index < -0.39 is 11.7 Å². The van der Waals surface area contributed by atoms with Crippen LogP contribution < -0.4 is 0 Å². The van der Waals surface area contributed by atoms with Gasteiger partial charge >= 0.3 is 6.18 Å². The molecule has 1 heterocycles. The molecule has 0 fully saturated rings. The van der Waals surface area contributed by atoms with Gasteiger partial charge in [0, 0.05) is 24.4 Å². The normalized spacial score (nSPS) is 10.7. The first-order valence-electron chi connectivity index (χ1n) is 4.16. The molecule has 0 saturated carbocycles. The number of hydrogen-bond donors (Lipinski definition) is 1. The van der Waals surface area contributed by atoms with Gasteiger partial charge in [-0.2, -0.15) is 13.2 Å². The van der Waals surface area contributed by atoms with Crippen molar-refractivity contribution in [2.75, 3.05) is 6.61 Å². The number of aliphatic hydroxyl groups excluding tert-OH is 1. The van der Waals surface area contributed by atoms with Crippen molar-refractivity contribution in [2.45, 2.75) is 12.6 Å². The highest BCUT2D eigenvalue weighted by molar-refractivity contribution is 5.35. The second-order valence-electron chi connectivity index (χ2n) is 2.74. The lowest BCUT2D eigenvalue weighted by Gasteiger charge is -2.04. The van der Waals surface area contributed by atoms with E-state index in [0.717, 1.165) is 12.3 Å². The molecule has 0 aromatic carbocycles. The van der Waals surface area contributed by atoms with Crippen molar-refractivity contribution in [2.24, 2.45) is 0 Å². The Morgan fingerprint density at radius 1 is 1.33 bits per heavy atom. The highest BCUT2D eigenvalue weighted by atomic mass is 19.4. The van der Waals surface area contributed by atoms with Crippen LogP contribution in [0.25, 0.3) is 0 Å². The predicted molar refractivity (Wildman–Crippen MR) is 47.8 cm³/mol. The highest BCUT2D eigenvalue weighted by Crippen LogP contribution is 2.28. The molecule has 0 amide bonds. The van der Waals surface area contributed by atoms with Crippen LogP contribution in [0.3, 0.4) is 0 Å². The van der Waals surface area contributed by atoms with Gasteiger partial charge in [0.25, 0.3) is 0 Å². The maximum Gasteiger partial charge on any atom is 0.417 e. The minimum Gasteiger partial charge on any atom is -0.395 e. The Kier molecular flexibility index (Phi) is 3.69. The van der Waals surface area contributed by atoms with Crippen LogP contribution in [-0.2, 0) is 6.18 Å². The quantitative estimate of drug-likeness (QED) is 0.725. The Morgan fingerprint density at radius 2 is 2.07 bits per heavy atom. The fourth-order valence-electron chi connectivity index (χ4n) is 0.884. The van der Waals surface area contributed by atoms with Gasteiger partial charge in [-0.3, -0.25) is 4.98 Å². The summed E-state index contributed by atoms with van der Waals surface area (Å²) in [4.78, 5) is 3.44. The summed E-state index contributed by atoms with van der Waals surface area (Å²) in [6.07, 6.45) is -2.17. The standard InChI is InChI=1S/C10H8F3NO/c11-10(12,13)9-5-8(6-14-7-9)3-1-2-4-15/h5-7,15H,2,4H2. The lowest BCUT2D eigenvalue weighted by Crippen LogP contribution is -2.05. The predicted octanol–water partition coefficient (Wildman–Crippen LogP) is 1.83. The molecule has 0 aliphatic heterocycles. The molecule has 0 aliphatic carbocycles. The summed E-state index contributed by atoms with van der Waals surface area (Å²) < 4.78 is 36.7. The van der Waals surface area contributed by atoms with E-state index in [9.17, 15) is 13.2 Å². The van der Waals surface area contributed by atoms with Crippen LogP contribution >= 0.6 is 0 Å². The van der Waals surface area contributed by atoms with Crippen molar-refractivity contribution in [1.82, 2.24) is 4.98 Å². The van der Waals surface area contributed by atoms with Crippen LogP contribution in [0, 0.1) is 11.8 Å². The molecule has 1 aromatic rings. The number of hydrogen-bond acceptors (Lipinski definition) is 2. The molecule has 2 nitrogen and oxygen atoms in total. The van der Waals surface area contributed by atoms with Crippen molar-refractivity contribution in [3.63, 3.8) is 0 Å². The van der Waals surface area contributed by atoms with Crippen LogP contribution in [-0.4, -0.2) is 16.7 Å². The van der Waals surface area contributed by atoms with Gasteiger partial charge < -0.3 is 5.11 Å². The first kappa shape index (κ1) is 11.5. The van der Waals surface area contributed by atoms with Gasteiger partial charge in [-0.05, 0) is 6.07 Å². The fourth-order valence-corrected chi connectivity index (χ4v) is 0.884. The maximum absolute atomic E-state index is 12.2. The molecule has 5 heteroatoms. The Labute approximate surface area is 84.8 Å². The van der Waals surface area contributed by atoms with Crippen molar-refractivity contribution >= 4 is 0 Å². The van der Waals surface area contributed by atoms with Crippen LogP contribution in [0.1, 0.15) is 17.5 Å². The SMILES string of the molecule is OCCC#Cc1cncc(C(F)(F)F)c1. The summed E-state index contributed by atoms with van der Waals surface area (Å²) >= 11 is 0. The number of aliphatic hydroxyl groups is 1. The third kappa shape index (κ3) is 3.60. The summed E-state index contributed by atoms with van der Waals surface area (Å²) in [5.41, 5.74) is -0.628. The number of aromatic nitrogens is 1. The van der Waals surface area contributed by atoms with E-state index in [4.69, 9.17) is 5.11 Å². The average molecular weight is 215 g/mol. The zero-order valence-corrected chi connectivity index (χ0v) is 7.67. The molecule has 15 heavy (non-hydrogen) atoms. The average Bonchev–Trinajstić information content (AvgIpc) is 2.17. The molecule has 0 bridgehead atoms. The number of nitrogens with zero attached hydrogens (tertiary/aromatic N) is 1. The number of rotatable bonds is 1.